The number of rotatable bonds is 6. The summed E-state index contributed by atoms with van der Waals surface area (Å²) in [5.41, 5.74) is 4.70. The Balaban J connectivity index is 1.23. The number of nitrogens with one attached hydrogen (secondary N) is 2. The van der Waals surface area contributed by atoms with Crippen molar-refractivity contribution in [3.05, 3.63) is 138 Å². The number of amides is 1. The number of carbonyl (C=O) groups excluding carboxylic acids is 1. The Labute approximate surface area is 230 Å². The Morgan fingerprint density at radius 3 is 2.55 bits per heavy atom. The molecule has 1 aliphatic carbocycles. The molecular formula is C33H25FN4O2. The number of para-hydroxylation sites is 1. The summed E-state index contributed by atoms with van der Waals surface area (Å²) in [6.45, 7) is 0. The lowest BCUT2D eigenvalue weighted by Gasteiger charge is -2.10. The summed E-state index contributed by atoms with van der Waals surface area (Å²) in [4.78, 5) is 17.7. The zero-order valence-electron chi connectivity index (χ0n) is 21.5. The molecule has 1 aliphatic rings. The highest BCUT2D eigenvalue weighted by Gasteiger charge is 2.16. The maximum absolute atomic E-state index is 14.3. The molecule has 2 N–H and O–H groups in total. The van der Waals surface area contributed by atoms with Gasteiger partial charge in [0.05, 0.1) is 11.7 Å². The second kappa shape index (κ2) is 11.2. The largest absolute Gasteiger partial charge is 0.456 e. The normalized spacial score (nSPS) is 13.2. The van der Waals surface area contributed by atoms with Crippen LogP contribution in [0.3, 0.4) is 0 Å². The topological polar surface area (TPSA) is 79.9 Å². The number of halogens is 1. The number of benzene rings is 3. The van der Waals surface area contributed by atoms with Crippen molar-refractivity contribution in [1.82, 2.24) is 20.5 Å². The molecule has 0 aliphatic heterocycles. The van der Waals surface area contributed by atoms with Gasteiger partial charge in [-0.25, -0.2) is 4.39 Å². The summed E-state index contributed by atoms with van der Waals surface area (Å²) in [7, 11) is 0. The average Bonchev–Trinajstić information content (AvgIpc) is 3.40. The first-order valence-corrected chi connectivity index (χ1v) is 13.0. The minimum atomic E-state index is -0.313. The second-order valence-corrected chi connectivity index (χ2v) is 9.32. The molecular weight excluding hydrogens is 503 g/mol. The van der Waals surface area contributed by atoms with Crippen molar-refractivity contribution in [3.63, 3.8) is 0 Å². The van der Waals surface area contributed by atoms with Crippen LogP contribution in [0, 0.1) is 5.82 Å². The summed E-state index contributed by atoms with van der Waals surface area (Å²) in [6, 6.07) is 23.8. The van der Waals surface area contributed by atoms with Crippen LogP contribution < -0.4 is 10.1 Å². The van der Waals surface area contributed by atoms with Gasteiger partial charge in [-0.05, 0) is 66.5 Å². The third-order valence-electron chi connectivity index (χ3n) is 6.59. The van der Waals surface area contributed by atoms with E-state index in [0.717, 1.165) is 28.9 Å². The molecule has 5 aromatic rings. The van der Waals surface area contributed by atoms with Gasteiger partial charge in [-0.15, -0.1) is 0 Å². The van der Waals surface area contributed by atoms with E-state index in [0.29, 0.717) is 40.0 Å². The van der Waals surface area contributed by atoms with Crippen LogP contribution >= 0.6 is 0 Å². The van der Waals surface area contributed by atoms with Gasteiger partial charge in [0, 0.05) is 28.4 Å². The fraction of sp³-hybridized carbons (Fsp3) is 0.0606. The number of hydrogen-bond acceptors (Lipinski definition) is 4. The van der Waals surface area contributed by atoms with Crippen molar-refractivity contribution < 1.29 is 13.9 Å². The summed E-state index contributed by atoms with van der Waals surface area (Å²) < 4.78 is 20.3. The van der Waals surface area contributed by atoms with E-state index in [-0.39, 0.29) is 11.7 Å². The summed E-state index contributed by atoms with van der Waals surface area (Å²) >= 11 is 0. The first-order chi connectivity index (χ1) is 19.6. The fourth-order valence-corrected chi connectivity index (χ4v) is 4.59. The number of hydrogen-bond donors (Lipinski definition) is 2. The van der Waals surface area contributed by atoms with E-state index in [1.807, 2.05) is 78.9 Å². The number of pyridine rings is 1. The van der Waals surface area contributed by atoms with E-state index >= 15 is 0 Å². The van der Waals surface area contributed by atoms with Crippen LogP contribution in [0.2, 0.25) is 0 Å². The van der Waals surface area contributed by atoms with Gasteiger partial charge in [-0.2, -0.15) is 5.10 Å². The van der Waals surface area contributed by atoms with E-state index in [2.05, 4.69) is 20.5 Å². The number of H-pyrrole nitrogens is 1. The molecule has 40 heavy (non-hydrogen) atoms. The molecule has 0 radical (unpaired) electrons. The van der Waals surface area contributed by atoms with Crippen LogP contribution in [0.4, 0.5) is 4.39 Å². The van der Waals surface area contributed by atoms with Gasteiger partial charge in [0.2, 0.25) is 0 Å². The minimum Gasteiger partial charge on any atom is -0.456 e. The lowest BCUT2D eigenvalue weighted by atomic mass is 10.0. The Bertz CT molecular complexity index is 1790. The third-order valence-corrected chi connectivity index (χ3v) is 6.59. The van der Waals surface area contributed by atoms with Crippen molar-refractivity contribution in [1.29, 1.82) is 0 Å². The molecule has 0 atom stereocenters. The highest BCUT2D eigenvalue weighted by Crippen LogP contribution is 2.29. The molecule has 1 amide bonds. The minimum absolute atomic E-state index is 0.277. The lowest BCUT2D eigenvalue weighted by molar-refractivity contribution is 0.0963. The molecule has 196 valence electrons. The molecule has 0 bridgehead atoms. The molecule has 2 aromatic heterocycles. The number of fused-ring (bicyclic) bond motifs is 1. The molecule has 0 fully saturated rings. The fourth-order valence-electron chi connectivity index (χ4n) is 4.59. The van der Waals surface area contributed by atoms with Crippen LogP contribution in [0.5, 0.6) is 11.5 Å². The molecule has 3 aromatic carbocycles. The second-order valence-electron chi connectivity index (χ2n) is 9.32. The Hall–Kier alpha value is -5.30. The predicted molar refractivity (Wildman–Crippen MR) is 154 cm³/mol. The molecule has 6 rings (SSSR count). The van der Waals surface area contributed by atoms with Gasteiger partial charge in [-0.1, -0.05) is 60.7 Å². The Morgan fingerprint density at radius 1 is 0.850 bits per heavy atom. The van der Waals surface area contributed by atoms with E-state index < -0.39 is 0 Å². The standard InChI is InChI=1S/C33H25FN4O2/c34-30-13-7-6-12-28(30)22-8-4-5-9-25(16-14-22)36-33(39)32-29-19-23(15-17-31(29)37-38-32)24-18-27(21-35-20-24)40-26-10-2-1-3-11-26/h1-3,6-21H,4-5H2,(H,36,39)(H,37,38). The van der Waals surface area contributed by atoms with E-state index in [1.165, 1.54) is 6.07 Å². The van der Waals surface area contributed by atoms with Crippen LogP contribution in [0.15, 0.2) is 121 Å². The maximum atomic E-state index is 14.3. The van der Waals surface area contributed by atoms with Crippen molar-refractivity contribution in [2.75, 3.05) is 0 Å². The van der Waals surface area contributed by atoms with Gasteiger partial charge in [0.1, 0.15) is 23.0 Å². The lowest BCUT2D eigenvalue weighted by Crippen LogP contribution is -2.22. The molecule has 7 heteroatoms. The van der Waals surface area contributed by atoms with Gasteiger partial charge >= 0.3 is 0 Å². The molecule has 0 spiro atoms. The van der Waals surface area contributed by atoms with E-state index in [4.69, 9.17) is 4.74 Å². The zero-order chi connectivity index (χ0) is 27.3. The zero-order valence-corrected chi connectivity index (χ0v) is 21.5. The molecule has 0 unspecified atom stereocenters. The molecule has 6 nitrogen and oxygen atoms in total. The van der Waals surface area contributed by atoms with Gasteiger partial charge in [0.25, 0.3) is 5.91 Å². The predicted octanol–water partition coefficient (Wildman–Crippen LogP) is 7.60. The summed E-state index contributed by atoms with van der Waals surface area (Å²) in [6.07, 6.45) is 12.4. The Kier molecular flexibility index (Phi) is 7.01. The van der Waals surface area contributed by atoms with Crippen molar-refractivity contribution in [2.24, 2.45) is 0 Å². The Morgan fingerprint density at radius 2 is 1.68 bits per heavy atom. The number of aromatic nitrogens is 3. The monoisotopic (exact) mass is 528 g/mol. The highest BCUT2D eigenvalue weighted by molar-refractivity contribution is 6.06. The smallest absolute Gasteiger partial charge is 0.274 e. The van der Waals surface area contributed by atoms with Gasteiger partial charge in [-0.3, -0.25) is 14.9 Å². The van der Waals surface area contributed by atoms with Crippen molar-refractivity contribution in [3.8, 4) is 22.6 Å². The first-order valence-electron chi connectivity index (χ1n) is 13.0. The number of ether oxygens (including phenoxy) is 1. The van der Waals surface area contributed by atoms with Crippen LogP contribution in [-0.2, 0) is 0 Å². The highest BCUT2D eigenvalue weighted by atomic mass is 19.1. The van der Waals surface area contributed by atoms with Gasteiger partial charge in [0.15, 0.2) is 0 Å². The number of carbonyl (C=O) groups is 1. The van der Waals surface area contributed by atoms with Crippen molar-refractivity contribution >= 4 is 22.4 Å². The maximum Gasteiger partial charge on any atom is 0.274 e. The summed E-state index contributed by atoms with van der Waals surface area (Å²) in [5.74, 6) is 0.744. The van der Waals surface area contributed by atoms with Crippen LogP contribution in [-0.4, -0.2) is 21.1 Å². The van der Waals surface area contributed by atoms with Crippen LogP contribution in [0.25, 0.3) is 27.6 Å². The van der Waals surface area contributed by atoms with Gasteiger partial charge < -0.3 is 10.1 Å². The SMILES string of the molecule is O=C(NC1=CCCC=C(c2ccccc2F)C=C1)c1[nH]nc2ccc(-c3cncc(Oc4ccccc4)c3)cc12. The molecule has 0 saturated heterocycles. The third kappa shape index (κ3) is 5.44. The average molecular weight is 529 g/mol. The quantitative estimate of drug-likeness (QED) is 0.238. The summed E-state index contributed by atoms with van der Waals surface area (Å²) in [5, 5.41) is 10.9. The van der Waals surface area contributed by atoms with Crippen molar-refractivity contribution in [2.45, 2.75) is 12.8 Å². The molecule has 0 saturated carbocycles. The number of allylic oxidation sites excluding steroid dienone is 5. The number of aromatic amines is 1. The first kappa shape index (κ1) is 25.0. The van der Waals surface area contributed by atoms with E-state index in [1.54, 1.807) is 30.6 Å². The molecule has 2 heterocycles. The number of nitrogens with zero attached hydrogens (tertiary/aromatic N) is 2. The van der Waals surface area contributed by atoms with E-state index in [9.17, 15) is 9.18 Å². The van der Waals surface area contributed by atoms with Crippen LogP contribution in [0.1, 0.15) is 28.9 Å².